The van der Waals surface area contributed by atoms with Crippen molar-refractivity contribution in [3.63, 3.8) is 0 Å². The zero-order valence-corrected chi connectivity index (χ0v) is 10.7. The Balaban J connectivity index is 1.99. The van der Waals surface area contributed by atoms with Gasteiger partial charge in [-0.15, -0.1) is 0 Å². The average molecular weight is 244 g/mol. The molecule has 18 heavy (non-hydrogen) atoms. The number of aromatic nitrogens is 1. The molecule has 3 nitrogen and oxygen atoms in total. The first-order valence-corrected chi connectivity index (χ1v) is 6.73. The molecule has 0 aliphatic carbocycles. The SMILES string of the molecule is Cc1[nH]c2ccccc2c1C(O)C1CCNCC1. The summed E-state index contributed by atoms with van der Waals surface area (Å²) in [6, 6.07) is 8.23. The minimum Gasteiger partial charge on any atom is -0.388 e. The molecule has 0 amide bonds. The van der Waals surface area contributed by atoms with Gasteiger partial charge in [-0.3, -0.25) is 0 Å². The first-order chi connectivity index (χ1) is 8.77. The Bertz CT molecular complexity index is 540. The van der Waals surface area contributed by atoms with Gasteiger partial charge in [0.25, 0.3) is 0 Å². The van der Waals surface area contributed by atoms with E-state index in [2.05, 4.69) is 29.4 Å². The summed E-state index contributed by atoms with van der Waals surface area (Å²) in [6.07, 6.45) is 1.77. The van der Waals surface area contributed by atoms with Crippen LogP contribution in [0.2, 0.25) is 0 Å². The van der Waals surface area contributed by atoms with Crippen molar-refractivity contribution in [3.8, 4) is 0 Å². The van der Waals surface area contributed by atoms with Gasteiger partial charge in [0, 0.05) is 22.2 Å². The van der Waals surface area contributed by atoms with Gasteiger partial charge in [0.15, 0.2) is 0 Å². The number of nitrogens with one attached hydrogen (secondary N) is 2. The highest BCUT2D eigenvalue weighted by Gasteiger charge is 2.26. The maximum absolute atomic E-state index is 10.7. The molecule has 0 bridgehead atoms. The van der Waals surface area contributed by atoms with Crippen LogP contribution >= 0.6 is 0 Å². The highest BCUT2D eigenvalue weighted by Crippen LogP contribution is 2.35. The molecule has 0 saturated carbocycles. The summed E-state index contributed by atoms with van der Waals surface area (Å²) in [4.78, 5) is 3.37. The Labute approximate surface area is 107 Å². The van der Waals surface area contributed by atoms with E-state index in [1.54, 1.807) is 0 Å². The first kappa shape index (κ1) is 11.8. The molecular weight excluding hydrogens is 224 g/mol. The fourth-order valence-electron chi connectivity index (χ4n) is 3.08. The van der Waals surface area contributed by atoms with E-state index in [9.17, 15) is 5.11 Å². The molecule has 1 unspecified atom stereocenters. The van der Waals surface area contributed by atoms with Crippen molar-refractivity contribution in [2.75, 3.05) is 13.1 Å². The van der Waals surface area contributed by atoms with Crippen LogP contribution < -0.4 is 5.32 Å². The normalized spacial score (nSPS) is 19.2. The number of fused-ring (bicyclic) bond motifs is 1. The van der Waals surface area contributed by atoms with E-state index in [1.165, 1.54) is 5.39 Å². The minimum atomic E-state index is -0.344. The molecule has 3 rings (SSSR count). The number of aliphatic hydroxyl groups is 1. The second kappa shape index (κ2) is 4.75. The van der Waals surface area contributed by atoms with Gasteiger partial charge in [-0.2, -0.15) is 0 Å². The second-order valence-corrected chi connectivity index (χ2v) is 5.24. The number of hydrogen-bond donors (Lipinski definition) is 3. The van der Waals surface area contributed by atoms with Crippen LogP contribution in [0.3, 0.4) is 0 Å². The molecular formula is C15H20N2O. The summed E-state index contributed by atoms with van der Waals surface area (Å²) in [5.41, 5.74) is 3.32. The smallest absolute Gasteiger partial charge is 0.0842 e. The summed E-state index contributed by atoms with van der Waals surface area (Å²) < 4.78 is 0. The fraction of sp³-hybridized carbons (Fsp3) is 0.467. The molecule has 2 heterocycles. The number of aliphatic hydroxyl groups excluding tert-OH is 1. The third-order valence-corrected chi connectivity index (χ3v) is 4.07. The molecule has 1 fully saturated rings. The van der Waals surface area contributed by atoms with Crippen LogP contribution in [0.1, 0.15) is 30.2 Å². The predicted molar refractivity (Wildman–Crippen MR) is 73.6 cm³/mol. The van der Waals surface area contributed by atoms with Crippen LogP contribution in [0.15, 0.2) is 24.3 Å². The van der Waals surface area contributed by atoms with Gasteiger partial charge in [-0.1, -0.05) is 18.2 Å². The average Bonchev–Trinajstić information content (AvgIpc) is 2.75. The standard InChI is InChI=1S/C15H20N2O/c1-10-14(12-4-2-3-5-13(12)17-10)15(18)11-6-8-16-9-7-11/h2-5,11,15-18H,6-9H2,1H3. The predicted octanol–water partition coefficient (Wildman–Crippen LogP) is 2.51. The summed E-state index contributed by atoms with van der Waals surface area (Å²) in [5.74, 6) is 0.379. The van der Waals surface area contributed by atoms with Crippen molar-refractivity contribution in [2.24, 2.45) is 5.92 Å². The van der Waals surface area contributed by atoms with Crippen molar-refractivity contribution in [2.45, 2.75) is 25.9 Å². The molecule has 1 saturated heterocycles. The van der Waals surface area contributed by atoms with Crippen molar-refractivity contribution < 1.29 is 5.11 Å². The van der Waals surface area contributed by atoms with Crippen LogP contribution in [0.5, 0.6) is 0 Å². The lowest BCUT2D eigenvalue weighted by Crippen LogP contribution is -2.31. The van der Waals surface area contributed by atoms with Crippen molar-refractivity contribution in [1.82, 2.24) is 10.3 Å². The molecule has 1 aromatic heterocycles. The van der Waals surface area contributed by atoms with Gasteiger partial charge in [0.1, 0.15) is 0 Å². The van der Waals surface area contributed by atoms with Crippen LogP contribution in [0.25, 0.3) is 10.9 Å². The van der Waals surface area contributed by atoms with E-state index in [4.69, 9.17) is 0 Å². The van der Waals surface area contributed by atoms with Crippen LogP contribution in [0.4, 0.5) is 0 Å². The number of piperidine rings is 1. The number of rotatable bonds is 2. The monoisotopic (exact) mass is 244 g/mol. The van der Waals surface area contributed by atoms with E-state index in [1.807, 2.05) is 12.1 Å². The zero-order valence-electron chi connectivity index (χ0n) is 10.7. The van der Waals surface area contributed by atoms with E-state index >= 15 is 0 Å². The van der Waals surface area contributed by atoms with Gasteiger partial charge >= 0.3 is 0 Å². The van der Waals surface area contributed by atoms with Crippen LogP contribution in [-0.2, 0) is 0 Å². The van der Waals surface area contributed by atoms with Gasteiger partial charge in [0.05, 0.1) is 6.10 Å². The lowest BCUT2D eigenvalue weighted by molar-refractivity contribution is 0.0896. The molecule has 1 aliphatic heterocycles. The molecule has 0 spiro atoms. The fourth-order valence-corrected chi connectivity index (χ4v) is 3.08. The molecule has 3 N–H and O–H groups in total. The maximum Gasteiger partial charge on any atom is 0.0842 e. The van der Waals surface area contributed by atoms with Crippen molar-refractivity contribution in [3.05, 3.63) is 35.5 Å². The minimum absolute atomic E-state index is 0.344. The van der Waals surface area contributed by atoms with Crippen molar-refractivity contribution >= 4 is 10.9 Å². The Kier molecular flexibility index (Phi) is 3.10. The summed E-state index contributed by atoms with van der Waals surface area (Å²) in [7, 11) is 0. The number of H-pyrrole nitrogens is 1. The van der Waals surface area contributed by atoms with Crippen molar-refractivity contribution in [1.29, 1.82) is 0 Å². The molecule has 0 radical (unpaired) electrons. The van der Waals surface area contributed by atoms with E-state index < -0.39 is 0 Å². The summed E-state index contributed by atoms with van der Waals surface area (Å²) in [5, 5.41) is 15.2. The lowest BCUT2D eigenvalue weighted by Gasteiger charge is -2.27. The Hall–Kier alpha value is -1.32. The second-order valence-electron chi connectivity index (χ2n) is 5.24. The Morgan fingerprint density at radius 1 is 1.22 bits per heavy atom. The molecule has 3 heteroatoms. The van der Waals surface area contributed by atoms with Gasteiger partial charge < -0.3 is 15.4 Å². The van der Waals surface area contributed by atoms with E-state index in [0.29, 0.717) is 5.92 Å². The molecule has 96 valence electrons. The molecule has 1 atom stereocenters. The summed E-state index contributed by atoms with van der Waals surface area (Å²) >= 11 is 0. The van der Waals surface area contributed by atoms with Gasteiger partial charge in [0.2, 0.25) is 0 Å². The highest BCUT2D eigenvalue weighted by atomic mass is 16.3. The lowest BCUT2D eigenvalue weighted by atomic mass is 9.87. The summed E-state index contributed by atoms with van der Waals surface area (Å²) in [6.45, 7) is 4.09. The number of aryl methyl sites for hydroxylation is 1. The van der Waals surface area contributed by atoms with Crippen LogP contribution in [-0.4, -0.2) is 23.2 Å². The van der Waals surface area contributed by atoms with Gasteiger partial charge in [-0.05, 0) is 44.8 Å². The number of hydrogen-bond acceptors (Lipinski definition) is 2. The number of aromatic amines is 1. The molecule has 2 aromatic rings. The first-order valence-electron chi connectivity index (χ1n) is 6.73. The highest BCUT2D eigenvalue weighted by molar-refractivity contribution is 5.84. The van der Waals surface area contributed by atoms with Gasteiger partial charge in [-0.25, -0.2) is 0 Å². The quantitative estimate of drug-likeness (QED) is 0.760. The maximum atomic E-state index is 10.7. The topological polar surface area (TPSA) is 48.0 Å². The Morgan fingerprint density at radius 3 is 2.72 bits per heavy atom. The largest absolute Gasteiger partial charge is 0.388 e. The van der Waals surface area contributed by atoms with Crippen LogP contribution in [0, 0.1) is 12.8 Å². The Morgan fingerprint density at radius 2 is 1.94 bits per heavy atom. The molecule has 1 aliphatic rings. The van der Waals surface area contributed by atoms with E-state index in [0.717, 1.165) is 42.7 Å². The number of para-hydroxylation sites is 1. The van der Waals surface area contributed by atoms with E-state index in [-0.39, 0.29) is 6.10 Å². The zero-order chi connectivity index (χ0) is 12.5. The number of benzene rings is 1. The third kappa shape index (κ3) is 1.93. The third-order valence-electron chi connectivity index (χ3n) is 4.07. The molecule has 1 aromatic carbocycles.